The summed E-state index contributed by atoms with van der Waals surface area (Å²) in [4.78, 5) is 14.8. The maximum absolute atomic E-state index is 13.0. The van der Waals surface area contributed by atoms with Crippen molar-refractivity contribution in [2.45, 2.75) is 12.5 Å². The molecule has 1 aliphatic rings. The predicted octanol–water partition coefficient (Wildman–Crippen LogP) is 4.90. The van der Waals surface area contributed by atoms with Crippen LogP contribution in [0.25, 0.3) is 0 Å². The van der Waals surface area contributed by atoms with Crippen LogP contribution in [0.1, 0.15) is 17.2 Å². The third-order valence-corrected chi connectivity index (χ3v) is 5.27. The number of aromatic hydroxyl groups is 1. The van der Waals surface area contributed by atoms with Crippen molar-refractivity contribution in [3.05, 3.63) is 102 Å². The summed E-state index contributed by atoms with van der Waals surface area (Å²) in [5.74, 6) is 0.801. The Morgan fingerprint density at radius 2 is 1.66 bits per heavy atom. The second kappa shape index (κ2) is 8.23. The first-order valence-electron chi connectivity index (χ1n) is 9.64. The summed E-state index contributed by atoms with van der Waals surface area (Å²) in [5, 5.41) is 9.58. The van der Waals surface area contributed by atoms with Crippen LogP contribution >= 0.6 is 0 Å². The summed E-state index contributed by atoms with van der Waals surface area (Å²) in [5.41, 5.74) is 3.04. The average molecular weight is 385 g/mol. The number of nitrogens with zero attached hydrogens (tertiary/aromatic N) is 1. The number of benzene rings is 3. The fraction of sp³-hybridized carbons (Fsp3) is 0.160. The minimum Gasteiger partial charge on any atom is -0.508 e. The van der Waals surface area contributed by atoms with Crippen molar-refractivity contribution in [2.24, 2.45) is 5.92 Å². The summed E-state index contributed by atoms with van der Waals surface area (Å²) < 4.78 is 5.26. The molecule has 0 bridgehead atoms. The number of anilines is 1. The van der Waals surface area contributed by atoms with E-state index in [1.165, 1.54) is 5.56 Å². The van der Waals surface area contributed by atoms with Gasteiger partial charge in [-0.1, -0.05) is 54.6 Å². The van der Waals surface area contributed by atoms with E-state index in [-0.39, 0.29) is 23.6 Å². The molecule has 1 N–H and O–H groups in total. The van der Waals surface area contributed by atoms with Gasteiger partial charge in [-0.05, 0) is 53.9 Å². The van der Waals surface area contributed by atoms with Crippen LogP contribution in [0.3, 0.4) is 0 Å². The molecular formula is C25H23NO3. The first kappa shape index (κ1) is 18.8. The van der Waals surface area contributed by atoms with E-state index in [1.54, 1.807) is 36.3 Å². The molecule has 1 amide bonds. The summed E-state index contributed by atoms with van der Waals surface area (Å²) in [7, 11) is 1.64. The van der Waals surface area contributed by atoms with E-state index >= 15 is 0 Å². The van der Waals surface area contributed by atoms with Gasteiger partial charge in [0, 0.05) is 5.69 Å². The second-order valence-electron chi connectivity index (χ2n) is 7.09. The number of allylic oxidation sites excluding steroid dienone is 1. The van der Waals surface area contributed by atoms with Crippen molar-refractivity contribution in [3.8, 4) is 11.5 Å². The number of rotatable bonds is 6. The third kappa shape index (κ3) is 3.87. The lowest BCUT2D eigenvalue weighted by atomic mass is 9.81. The highest BCUT2D eigenvalue weighted by Crippen LogP contribution is 2.44. The van der Waals surface area contributed by atoms with Gasteiger partial charge in [-0.25, -0.2) is 0 Å². The van der Waals surface area contributed by atoms with Crippen molar-refractivity contribution < 1.29 is 14.6 Å². The molecular weight excluding hydrogens is 362 g/mol. The fourth-order valence-corrected chi connectivity index (χ4v) is 3.72. The van der Waals surface area contributed by atoms with Crippen LogP contribution in [0, 0.1) is 5.92 Å². The van der Waals surface area contributed by atoms with E-state index < -0.39 is 0 Å². The van der Waals surface area contributed by atoms with Crippen LogP contribution in [0.2, 0.25) is 0 Å². The van der Waals surface area contributed by atoms with Gasteiger partial charge in [-0.3, -0.25) is 4.79 Å². The van der Waals surface area contributed by atoms with E-state index in [0.717, 1.165) is 23.4 Å². The highest BCUT2D eigenvalue weighted by atomic mass is 16.5. The minimum atomic E-state index is -0.221. The number of ether oxygens (including phenoxy) is 1. The van der Waals surface area contributed by atoms with Gasteiger partial charge in [0.2, 0.25) is 5.91 Å². The van der Waals surface area contributed by atoms with Crippen LogP contribution in [0.15, 0.2) is 91.0 Å². The van der Waals surface area contributed by atoms with Crippen molar-refractivity contribution in [1.29, 1.82) is 0 Å². The Kier molecular flexibility index (Phi) is 5.34. The number of carbonyl (C=O) groups excluding carboxylic acids is 1. The van der Waals surface area contributed by atoms with Crippen molar-refractivity contribution in [2.75, 3.05) is 12.0 Å². The first-order valence-corrected chi connectivity index (χ1v) is 9.64. The van der Waals surface area contributed by atoms with E-state index in [4.69, 9.17) is 4.74 Å². The van der Waals surface area contributed by atoms with Crippen LogP contribution in [0.4, 0.5) is 5.69 Å². The number of methoxy groups -OCH3 is 1. The molecule has 2 atom stereocenters. The van der Waals surface area contributed by atoms with Crippen molar-refractivity contribution in [3.63, 3.8) is 0 Å². The lowest BCUT2D eigenvalue weighted by Gasteiger charge is -2.46. The molecule has 0 aliphatic carbocycles. The maximum atomic E-state index is 13.0. The second-order valence-corrected chi connectivity index (χ2v) is 7.09. The molecule has 3 aromatic carbocycles. The normalized spacial score (nSPS) is 18.7. The predicted molar refractivity (Wildman–Crippen MR) is 114 cm³/mol. The molecule has 0 aromatic heterocycles. The average Bonchev–Trinajstić information content (AvgIpc) is 2.77. The largest absolute Gasteiger partial charge is 0.508 e. The zero-order valence-corrected chi connectivity index (χ0v) is 16.2. The van der Waals surface area contributed by atoms with Gasteiger partial charge < -0.3 is 14.7 Å². The van der Waals surface area contributed by atoms with Crippen LogP contribution in [-0.2, 0) is 11.2 Å². The van der Waals surface area contributed by atoms with Crippen LogP contribution in [-0.4, -0.2) is 18.1 Å². The molecule has 0 unspecified atom stereocenters. The molecule has 3 aromatic rings. The lowest BCUT2D eigenvalue weighted by Crippen LogP contribution is -2.54. The fourth-order valence-electron chi connectivity index (χ4n) is 3.72. The van der Waals surface area contributed by atoms with Gasteiger partial charge in [0.1, 0.15) is 11.5 Å². The van der Waals surface area contributed by atoms with Gasteiger partial charge in [0.25, 0.3) is 0 Å². The van der Waals surface area contributed by atoms with Gasteiger partial charge in [0.05, 0.1) is 19.1 Å². The molecule has 1 aliphatic heterocycles. The molecule has 0 radical (unpaired) electrons. The smallest absolute Gasteiger partial charge is 0.236 e. The van der Waals surface area contributed by atoms with E-state index in [1.807, 2.05) is 48.5 Å². The van der Waals surface area contributed by atoms with Crippen LogP contribution < -0.4 is 9.64 Å². The Hall–Kier alpha value is -3.53. The molecule has 4 heteroatoms. The molecule has 4 nitrogen and oxygen atoms in total. The Bertz CT molecular complexity index is 995. The van der Waals surface area contributed by atoms with Gasteiger partial charge in [0.15, 0.2) is 0 Å². The standard InChI is InChI=1S/C25H23NO3/c1-29-22-16-10-19(11-17-22)24-23(9-5-8-18-6-3-2-4-7-18)25(28)26(24)20-12-14-21(27)15-13-20/h2-7,9-17,23-24,27H,8H2,1H3/b9-5+/t23-,24-/m1/s1. The van der Waals surface area contributed by atoms with E-state index in [2.05, 4.69) is 18.2 Å². The zero-order chi connectivity index (χ0) is 20.2. The molecule has 146 valence electrons. The number of hydrogen-bond donors (Lipinski definition) is 1. The number of hydrogen-bond acceptors (Lipinski definition) is 3. The van der Waals surface area contributed by atoms with E-state index in [9.17, 15) is 9.90 Å². The highest BCUT2D eigenvalue weighted by Gasteiger charge is 2.47. The van der Waals surface area contributed by atoms with E-state index in [0.29, 0.717) is 0 Å². The topological polar surface area (TPSA) is 49.8 Å². The molecule has 1 fully saturated rings. The number of carbonyl (C=O) groups is 1. The van der Waals surface area contributed by atoms with Gasteiger partial charge >= 0.3 is 0 Å². The maximum Gasteiger partial charge on any atom is 0.236 e. The summed E-state index contributed by atoms with van der Waals surface area (Å²) in [6.45, 7) is 0. The van der Waals surface area contributed by atoms with Crippen LogP contribution in [0.5, 0.6) is 11.5 Å². The Balaban J connectivity index is 1.60. The van der Waals surface area contributed by atoms with Gasteiger partial charge in [-0.15, -0.1) is 0 Å². The first-order chi connectivity index (χ1) is 14.2. The Labute approximate surface area is 170 Å². The van der Waals surface area contributed by atoms with Crippen molar-refractivity contribution in [1.82, 2.24) is 0 Å². The number of amides is 1. The summed E-state index contributed by atoms with van der Waals surface area (Å²) in [6.07, 6.45) is 4.88. The molecule has 1 saturated heterocycles. The zero-order valence-electron chi connectivity index (χ0n) is 16.2. The Morgan fingerprint density at radius 3 is 2.31 bits per heavy atom. The molecule has 29 heavy (non-hydrogen) atoms. The SMILES string of the molecule is COc1ccc([C@@H]2[C@@H](/C=C/Cc3ccccc3)C(=O)N2c2ccc(O)cc2)cc1. The monoisotopic (exact) mass is 385 g/mol. The Morgan fingerprint density at radius 1 is 0.966 bits per heavy atom. The highest BCUT2D eigenvalue weighted by molar-refractivity contribution is 6.04. The number of β-lactam (4-membered cyclic amide) rings is 1. The minimum absolute atomic E-state index is 0.0563. The molecule has 0 saturated carbocycles. The molecule has 0 spiro atoms. The summed E-state index contributed by atoms with van der Waals surface area (Å²) in [6, 6.07) is 24.7. The number of phenolic OH excluding ortho intramolecular Hbond substituents is 1. The number of phenols is 1. The quantitative estimate of drug-likeness (QED) is 0.485. The lowest BCUT2D eigenvalue weighted by molar-refractivity contribution is -0.128. The molecule has 1 heterocycles. The molecule has 4 rings (SSSR count). The van der Waals surface area contributed by atoms with Crippen molar-refractivity contribution >= 4 is 11.6 Å². The third-order valence-electron chi connectivity index (χ3n) is 5.27. The van der Waals surface area contributed by atoms with Gasteiger partial charge in [-0.2, -0.15) is 0 Å². The summed E-state index contributed by atoms with van der Waals surface area (Å²) >= 11 is 0.